The Morgan fingerprint density at radius 2 is 1.82 bits per heavy atom. The van der Waals surface area contributed by atoms with Gasteiger partial charge in [0.2, 0.25) is 0 Å². The largest absolute Gasteiger partial charge is 0.482 e. The SMILES string of the molecule is O=C(COC(=O)COc1cccc(Cl)c1)N[C@H](c1ccccc1)c1cccs1. The number of carbonyl (C=O) groups is 2. The number of esters is 1. The van der Waals surface area contributed by atoms with Crippen LogP contribution in [0.3, 0.4) is 0 Å². The molecule has 2 aromatic carbocycles. The zero-order chi connectivity index (χ0) is 19.8. The van der Waals surface area contributed by atoms with Gasteiger partial charge in [-0.1, -0.05) is 54.1 Å². The second-order valence-electron chi connectivity index (χ2n) is 5.83. The molecule has 0 fully saturated rings. The van der Waals surface area contributed by atoms with E-state index in [1.54, 1.807) is 35.6 Å². The Morgan fingerprint density at radius 3 is 2.54 bits per heavy atom. The molecule has 0 aliphatic rings. The van der Waals surface area contributed by atoms with E-state index in [9.17, 15) is 9.59 Å². The maximum absolute atomic E-state index is 12.3. The minimum absolute atomic E-state index is 0.296. The highest BCUT2D eigenvalue weighted by molar-refractivity contribution is 7.10. The Kier molecular flexibility index (Phi) is 7.06. The van der Waals surface area contributed by atoms with Crippen LogP contribution in [0.5, 0.6) is 5.75 Å². The minimum atomic E-state index is -0.637. The summed E-state index contributed by atoms with van der Waals surface area (Å²) in [6, 6.07) is 19.9. The average Bonchev–Trinajstić information content (AvgIpc) is 3.24. The summed E-state index contributed by atoms with van der Waals surface area (Å²) in [6.45, 7) is -0.687. The molecule has 0 aliphatic heterocycles. The first-order valence-electron chi connectivity index (χ1n) is 8.53. The van der Waals surface area contributed by atoms with Crippen molar-refractivity contribution in [3.05, 3.63) is 87.6 Å². The van der Waals surface area contributed by atoms with Gasteiger partial charge in [0.05, 0.1) is 6.04 Å². The molecule has 0 unspecified atom stereocenters. The smallest absolute Gasteiger partial charge is 0.344 e. The molecule has 1 heterocycles. The third-order valence-corrected chi connectivity index (χ3v) is 4.96. The molecule has 28 heavy (non-hydrogen) atoms. The zero-order valence-electron chi connectivity index (χ0n) is 14.8. The number of thiophene rings is 1. The van der Waals surface area contributed by atoms with Crippen LogP contribution in [0.2, 0.25) is 5.02 Å². The van der Waals surface area contributed by atoms with Crippen LogP contribution in [-0.2, 0) is 14.3 Å². The van der Waals surface area contributed by atoms with Crippen LogP contribution >= 0.6 is 22.9 Å². The first-order valence-corrected chi connectivity index (χ1v) is 9.79. The summed E-state index contributed by atoms with van der Waals surface area (Å²) in [5.74, 6) is -0.573. The number of amides is 1. The fraction of sp³-hybridized carbons (Fsp3) is 0.143. The van der Waals surface area contributed by atoms with Gasteiger partial charge in [0.25, 0.3) is 5.91 Å². The minimum Gasteiger partial charge on any atom is -0.482 e. The van der Waals surface area contributed by atoms with Crippen molar-refractivity contribution in [3.8, 4) is 5.75 Å². The molecule has 5 nitrogen and oxygen atoms in total. The lowest BCUT2D eigenvalue weighted by Gasteiger charge is -2.18. The third kappa shape index (κ3) is 5.84. The van der Waals surface area contributed by atoms with Crippen LogP contribution in [-0.4, -0.2) is 25.1 Å². The van der Waals surface area contributed by atoms with E-state index < -0.39 is 11.9 Å². The van der Waals surface area contributed by atoms with Crippen LogP contribution in [0.25, 0.3) is 0 Å². The number of carbonyl (C=O) groups excluding carboxylic acids is 2. The first kappa shape index (κ1) is 19.9. The van der Waals surface area contributed by atoms with Crippen molar-refractivity contribution in [3.63, 3.8) is 0 Å². The molecule has 7 heteroatoms. The summed E-state index contributed by atoms with van der Waals surface area (Å²) in [4.78, 5) is 25.1. The van der Waals surface area contributed by atoms with Crippen molar-refractivity contribution < 1.29 is 19.1 Å². The van der Waals surface area contributed by atoms with E-state index >= 15 is 0 Å². The molecule has 0 saturated carbocycles. The summed E-state index contributed by atoms with van der Waals surface area (Å²) < 4.78 is 10.3. The van der Waals surface area contributed by atoms with Gasteiger partial charge in [0, 0.05) is 9.90 Å². The number of hydrogen-bond donors (Lipinski definition) is 1. The number of nitrogens with one attached hydrogen (secondary N) is 1. The number of hydrogen-bond acceptors (Lipinski definition) is 5. The lowest BCUT2D eigenvalue weighted by Crippen LogP contribution is -2.33. The van der Waals surface area contributed by atoms with E-state index in [1.165, 1.54) is 0 Å². The first-order chi connectivity index (χ1) is 13.6. The molecular weight excluding hydrogens is 398 g/mol. The molecule has 1 atom stereocenters. The quantitative estimate of drug-likeness (QED) is 0.559. The molecule has 1 N–H and O–H groups in total. The van der Waals surface area contributed by atoms with E-state index in [0.29, 0.717) is 10.8 Å². The normalized spacial score (nSPS) is 11.5. The van der Waals surface area contributed by atoms with Crippen molar-refractivity contribution >= 4 is 34.8 Å². The van der Waals surface area contributed by atoms with Gasteiger partial charge in [-0.15, -0.1) is 11.3 Å². The summed E-state index contributed by atoms with van der Waals surface area (Å²) in [5, 5.41) is 5.36. The van der Waals surface area contributed by atoms with Crippen molar-refractivity contribution in [1.29, 1.82) is 0 Å². The van der Waals surface area contributed by atoms with Gasteiger partial charge >= 0.3 is 5.97 Å². The van der Waals surface area contributed by atoms with Crippen molar-refractivity contribution in [2.45, 2.75) is 6.04 Å². The van der Waals surface area contributed by atoms with Crippen LogP contribution < -0.4 is 10.1 Å². The second-order valence-corrected chi connectivity index (χ2v) is 7.25. The van der Waals surface area contributed by atoms with Crippen LogP contribution in [0, 0.1) is 0 Å². The highest BCUT2D eigenvalue weighted by Crippen LogP contribution is 2.25. The van der Waals surface area contributed by atoms with Gasteiger partial charge in [-0.25, -0.2) is 4.79 Å². The van der Waals surface area contributed by atoms with Gasteiger partial charge in [-0.2, -0.15) is 0 Å². The number of halogens is 1. The van der Waals surface area contributed by atoms with E-state index in [-0.39, 0.29) is 19.3 Å². The van der Waals surface area contributed by atoms with E-state index in [1.807, 2.05) is 47.8 Å². The summed E-state index contributed by atoms with van der Waals surface area (Å²) in [6.07, 6.45) is 0. The van der Waals surface area contributed by atoms with Gasteiger partial charge in [-0.05, 0) is 35.2 Å². The van der Waals surface area contributed by atoms with Gasteiger partial charge in [0.15, 0.2) is 13.2 Å². The van der Waals surface area contributed by atoms with Crippen molar-refractivity contribution in [2.75, 3.05) is 13.2 Å². The zero-order valence-corrected chi connectivity index (χ0v) is 16.4. The lowest BCUT2D eigenvalue weighted by atomic mass is 10.1. The fourth-order valence-corrected chi connectivity index (χ4v) is 3.49. The molecule has 3 aromatic rings. The van der Waals surface area contributed by atoms with E-state index in [4.69, 9.17) is 21.1 Å². The van der Waals surface area contributed by atoms with Crippen LogP contribution in [0.1, 0.15) is 16.5 Å². The molecule has 0 bridgehead atoms. The fourth-order valence-electron chi connectivity index (χ4n) is 2.51. The standard InChI is InChI=1S/C21H18ClNO4S/c22-16-8-4-9-17(12-16)26-14-20(25)27-13-19(24)23-21(18-10-5-11-28-18)15-6-2-1-3-7-15/h1-12,21H,13-14H2,(H,23,24)/t21-/m1/s1. The Balaban J connectivity index is 1.51. The Hall–Kier alpha value is -2.83. The van der Waals surface area contributed by atoms with Gasteiger partial charge in [-0.3, -0.25) is 4.79 Å². The van der Waals surface area contributed by atoms with Crippen LogP contribution in [0.15, 0.2) is 72.1 Å². The van der Waals surface area contributed by atoms with Crippen molar-refractivity contribution in [2.24, 2.45) is 0 Å². The van der Waals surface area contributed by atoms with E-state index in [2.05, 4.69) is 5.32 Å². The summed E-state index contributed by atoms with van der Waals surface area (Å²) >= 11 is 7.40. The molecule has 0 spiro atoms. The molecular formula is C21H18ClNO4S. The maximum Gasteiger partial charge on any atom is 0.344 e. The monoisotopic (exact) mass is 415 g/mol. The Labute approximate surface area is 171 Å². The third-order valence-electron chi connectivity index (χ3n) is 3.78. The second kappa shape index (κ2) is 9.92. The number of rotatable bonds is 8. The molecule has 0 aliphatic carbocycles. The number of ether oxygens (including phenoxy) is 2. The van der Waals surface area contributed by atoms with Gasteiger partial charge < -0.3 is 14.8 Å². The predicted octanol–water partition coefficient (Wildman–Crippen LogP) is 4.23. The molecule has 0 radical (unpaired) electrons. The summed E-state index contributed by atoms with van der Waals surface area (Å²) in [7, 11) is 0. The van der Waals surface area contributed by atoms with Crippen molar-refractivity contribution in [1.82, 2.24) is 5.32 Å². The predicted molar refractivity (Wildman–Crippen MR) is 109 cm³/mol. The molecule has 3 rings (SSSR count). The lowest BCUT2D eigenvalue weighted by molar-refractivity contribution is -0.150. The maximum atomic E-state index is 12.3. The average molecular weight is 416 g/mol. The molecule has 1 aromatic heterocycles. The highest BCUT2D eigenvalue weighted by atomic mass is 35.5. The highest BCUT2D eigenvalue weighted by Gasteiger charge is 2.18. The molecule has 0 saturated heterocycles. The Morgan fingerprint density at radius 1 is 1.00 bits per heavy atom. The van der Waals surface area contributed by atoms with E-state index in [0.717, 1.165) is 10.4 Å². The van der Waals surface area contributed by atoms with Crippen LogP contribution in [0.4, 0.5) is 0 Å². The number of benzene rings is 2. The summed E-state index contributed by atoms with van der Waals surface area (Å²) in [5.41, 5.74) is 0.953. The Bertz CT molecular complexity index is 915. The topological polar surface area (TPSA) is 64.6 Å². The van der Waals surface area contributed by atoms with Gasteiger partial charge in [0.1, 0.15) is 5.75 Å². The molecule has 144 valence electrons. The molecule has 1 amide bonds.